The molecule has 2 aromatic heterocycles. The van der Waals surface area contributed by atoms with Gasteiger partial charge in [-0.05, 0) is 70.3 Å². The molecule has 0 saturated carbocycles. The number of rotatable bonds is 7. The number of aromatic nitrogens is 1. The van der Waals surface area contributed by atoms with Crippen molar-refractivity contribution in [2.75, 3.05) is 4.90 Å². The van der Waals surface area contributed by atoms with E-state index in [0.717, 1.165) is 17.1 Å². The van der Waals surface area contributed by atoms with Crippen molar-refractivity contribution in [3.05, 3.63) is 206 Å². The van der Waals surface area contributed by atoms with Crippen molar-refractivity contribution in [2.45, 2.75) is 0 Å². The van der Waals surface area contributed by atoms with Crippen LogP contribution in [0.2, 0.25) is 0 Å². The van der Waals surface area contributed by atoms with Crippen LogP contribution in [0.1, 0.15) is 0 Å². The lowest BCUT2D eigenvalue weighted by Crippen LogP contribution is -2.11. The van der Waals surface area contributed by atoms with Gasteiger partial charge in [0.15, 0.2) is 0 Å². The summed E-state index contributed by atoms with van der Waals surface area (Å²) in [6, 6.07) is 74.4. The molecular weight excluding hydrogens is 661 g/mol. The summed E-state index contributed by atoms with van der Waals surface area (Å²) >= 11 is 1.89. The predicted octanol–water partition coefficient (Wildman–Crippen LogP) is 14.5. The number of anilines is 3. The minimum absolute atomic E-state index is 1.11. The van der Waals surface area contributed by atoms with Crippen LogP contribution in [0.15, 0.2) is 206 Å². The number of benzene rings is 8. The third-order valence-electron chi connectivity index (χ3n) is 10.2. The van der Waals surface area contributed by atoms with Crippen molar-refractivity contribution in [3.63, 3.8) is 0 Å². The maximum Gasteiger partial charge on any atom is 0.0728 e. The van der Waals surface area contributed by atoms with Gasteiger partial charge < -0.3 is 9.47 Å². The fourth-order valence-electron chi connectivity index (χ4n) is 7.73. The smallest absolute Gasteiger partial charge is 0.0728 e. The Balaban J connectivity index is 1.17. The summed E-state index contributed by atoms with van der Waals surface area (Å²) in [6.07, 6.45) is 0. The number of fused-ring (bicyclic) bond motifs is 5. The number of nitrogens with zero attached hydrogens (tertiary/aromatic N) is 2. The Morgan fingerprint density at radius 1 is 0.358 bits per heavy atom. The largest absolute Gasteiger partial charge is 0.308 e. The van der Waals surface area contributed by atoms with Crippen LogP contribution in [-0.4, -0.2) is 4.57 Å². The van der Waals surface area contributed by atoms with Gasteiger partial charge in [-0.3, -0.25) is 0 Å². The summed E-state index contributed by atoms with van der Waals surface area (Å²) in [5.41, 5.74) is 14.3. The molecule has 10 aromatic rings. The van der Waals surface area contributed by atoms with E-state index in [9.17, 15) is 0 Å². The van der Waals surface area contributed by atoms with Gasteiger partial charge in [0.25, 0.3) is 0 Å². The molecule has 2 nitrogen and oxygen atoms in total. The molecule has 0 N–H and O–H groups in total. The minimum Gasteiger partial charge on any atom is -0.308 e. The van der Waals surface area contributed by atoms with Crippen LogP contribution in [0.4, 0.5) is 17.1 Å². The molecule has 0 aliphatic carbocycles. The highest BCUT2D eigenvalue weighted by Gasteiger charge is 2.24. The molecule has 53 heavy (non-hydrogen) atoms. The van der Waals surface area contributed by atoms with Crippen LogP contribution < -0.4 is 4.90 Å². The average Bonchev–Trinajstić information content (AvgIpc) is 3.78. The summed E-state index contributed by atoms with van der Waals surface area (Å²) in [5.74, 6) is 0. The first-order chi connectivity index (χ1) is 26.3. The number of thiophene rings is 1. The SMILES string of the molecule is c1ccc(-c2ccc(-c3ccc(N(c4ccccc4-c4ccccc4)c4cccc5c4sc4c6ccccc6n(-c6ccccc6)c54)cc3)cc2)cc1. The van der Waals surface area contributed by atoms with Gasteiger partial charge in [0, 0.05) is 27.7 Å². The molecule has 0 unspecified atom stereocenters. The van der Waals surface area contributed by atoms with Crippen LogP contribution in [0.25, 0.3) is 70.3 Å². The topological polar surface area (TPSA) is 8.17 Å². The Bertz CT molecular complexity index is 2850. The minimum atomic E-state index is 1.11. The molecule has 0 bridgehead atoms. The Hall–Kier alpha value is -6.68. The Morgan fingerprint density at radius 3 is 1.57 bits per heavy atom. The average molecular weight is 695 g/mol. The van der Waals surface area contributed by atoms with Crippen molar-refractivity contribution in [1.29, 1.82) is 0 Å². The molecular formula is C50H34N2S. The second-order valence-electron chi connectivity index (χ2n) is 13.3. The highest BCUT2D eigenvalue weighted by atomic mass is 32.1. The molecule has 0 radical (unpaired) electrons. The second-order valence-corrected chi connectivity index (χ2v) is 14.4. The fourth-order valence-corrected chi connectivity index (χ4v) is 9.05. The number of hydrogen-bond acceptors (Lipinski definition) is 2. The first kappa shape index (κ1) is 31.1. The van der Waals surface area contributed by atoms with Gasteiger partial charge in [-0.2, -0.15) is 0 Å². The van der Waals surface area contributed by atoms with E-state index in [1.165, 1.54) is 70.3 Å². The third kappa shape index (κ3) is 5.42. The summed E-state index contributed by atoms with van der Waals surface area (Å²) in [5, 5.41) is 2.53. The first-order valence-corrected chi connectivity index (χ1v) is 18.8. The van der Waals surface area contributed by atoms with Gasteiger partial charge in [-0.15, -0.1) is 11.3 Å². The van der Waals surface area contributed by atoms with Gasteiger partial charge in [0.1, 0.15) is 0 Å². The molecule has 0 saturated heterocycles. The zero-order valence-corrected chi connectivity index (χ0v) is 29.7. The molecule has 0 fully saturated rings. The van der Waals surface area contributed by atoms with Crippen molar-refractivity contribution < 1.29 is 0 Å². The van der Waals surface area contributed by atoms with Crippen molar-refractivity contribution in [1.82, 2.24) is 4.57 Å². The van der Waals surface area contributed by atoms with Gasteiger partial charge in [-0.25, -0.2) is 0 Å². The lowest BCUT2D eigenvalue weighted by atomic mass is 9.99. The fraction of sp³-hybridized carbons (Fsp3) is 0. The van der Waals surface area contributed by atoms with Crippen LogP contribution >= 0.6 is 11.3 Å². The van der Waals surface area contributed by atoms with E-state index in [-0.39, 0.29) is 0 Å². The summed E-state index contributed by atoms with van der Waals surface area (Å²) in [7, 11) is 0. The molecule has 250 valence electrons. The highest BCUT2D eigenvalue weighted by molar-refractivity contribution is 7.27. The van der Waals surface area contributed by atoms with E-state index in [1.807, 2.05) is 11.3 Å². The van der Waals surface area contributed by atoms with E-state index >= 15 is 0 Å². The van der Waals surface area contributed by atoms with Crippen LogP contribution in [0, 0.1) is 0 Å². The van der Waals surface area contributed by atoms with Crippen LogP contribution in [0.3, 0.4) is 0 Å². The monoisotopic (exact) mass is 694 g/mol. The van der Waals surface area contributed by atoms with Crippen molar-refractivity contribution in [3.8, 4) is 39.1 Å². The standard InChI is InChI=1S/C50H34N2S/c1-4-15-35(16-5-1)36-27-29-37(30-28-36)38-31-33-41(34-32-38)51(45-24-12-10-21-42(45)39-17-6-2-7-18-39)47-26-14-23-44-48-50(53-49(44)47)43-22-11-13-25-46(43)52(48)40-19-8-3-9-20-40/h1-34H. The third-order valence-corrected chi connectivity index (χ3v) is 11.5. The molecule has 0 amide bonds. The Labute approximate surface area is 313 Å². The van der Waals surface area contributed by atoms with Gasteiger partial charge in [0.05, 0.1) is 31.8 Å². The molecule has 0 spiro atoms. The first-order valence-electron chi connectivity index (χ1n) is 18.0. The van der Waals surface area contributed by atoms with Crippen molar-refractivity contribution in [2.24, 2.45) is 0 Å². The van der Waals surface area contributed by atoms with Gasteiger partial charge in [-0.1, -0.05) is 164 Å². The number of para-hydroxylation sites is 3. The summed E-state index contributed by atoms with van der Waals surface area (Å²) < 4.78 is 5.00. The van der Waals surface area contributed by atoms with Crippen LogP contribution in [0.5, 0.6) is 0 Å². The highest BCUT2D eigenvalue weighted by Crippen LogP contribution is 2.49. The normalized spacial score (nSPS) is 11.4. The van der Waals surface area contributed by atoms with Crippen LogP contribution in [-0.2, 0) is 0 Å². The Morgan fingerprint density at radius 2 is 0.868 bits per heavy atom. The molecule has 3 heteroatoms. The van der Waals surface area contributed by atoms with E-state index in [0.29, 0.717) is 0 Å². The molecule has 0 aliphatic rings. The lowest BCUT2D eigenvalue weighted by Gasteiger charge is -2.28. The lowest BCUT2D eigenvalue weighted by molar-refractivity contribution is 1.19. The Kier molecular flexibility index (Phi) is 7.71. The molecule has 0 atom stereocenters. The number of hydrogen-bond donors (Lipinski definition) is 0. The van der Waals surface area contributed by atoms with Gasteiger partial charge >= 0.3 is 0 Å². The maximum absolute atomic E-state index is 2.46. The molecule has 8 aromatic carbocycles. The quantitative estimate of drug-likeness (QED) is 0.161. The predicted molar refractivity (Wildman–Crippen MR) is 227 cm³/mol. The van der Waals surface area contributed by atoms with Crippen molar-refractivity contribution >= 4 is 59.6 Å². The summed E-state index contributed by atoms with van der Waals surface area (Å²) in [6.45, 7) is 0. The zero-order valence-electron chi connectivity index (χ0n) is 28.9. The van der Waals surface area contributed by atoms with E-state index < -0.39 is 0 Å². The zero-order chi connectivity index (χ0) is 35.1. The maximum atomic E-state index is 2.46. The van der Waals surface area contributed by atoms with E-state index in [2.05, 4.69) is 216 Å². The van der Waals surface area contributed by atoms with Gasteiger partial charge in [0.2, 0.25) is 0 Å². The summed E-state index contributed by atoms with van der Waals surface area (Å²) in [4.78, 5) is 2.46. The molecule has 2 heterocycles. The second kappa shape index (κ2) is 13.1. The molecule has 10 rings (SSSR count). The van der Waals surface area contributed by atoms with E-state index in [4.69, 9.17) is 0 Å². The van der Waals surface area contributed by atoms with E-state index in [1.54, 1.807) is 0 Å². The molecule has 0 aliphatic heterocycles.